The summed E-state index contributed by atoms with van der Waals surface area (Å²) in [5, 5.41) is 3.28. The number of rotatable bonds is 3. The van der Waals surface area contributed by atoms with Gasteiger partial charge in [-0.1, -0.05) is 0 Å². The van der Waals surface area contributed by atoms with Gasteiger partial charge in [0.15, 0.2) is 0 Å². The lowest BCUT2D eigenvalue weighted by molar-refractivity contribution is 1.14. The van der Waals surface area contributed by atoms with Gasteiger partial charge in [0.05, 0.1) is 11.9 Å². The van der Waals surface area contributed by atoms with Crippen molar-refractivity contribution in [3.8, 4) is 0 Å². The zero-order valence-electron chi connectivity index (χ0n) is 7.50. The van der Waals surface area contributed by atoms with Gasteiger partial charge in [0.1, 0.15) is 0 Å². The number of pyridine rings is 1. The Labute approximate surface area is 90.7 Å². The molecule has 2 heterocycles. The first-order chi connectivity index (χ1) is 6.84. The smallest absolute Gasteiger partial charge is 0.0540 e. The Morgan fingerprint density at radius 1 is 1.43 bits per heavy atom. The number of H-pyrrole nitrogens is 1. The molecule has 2 N–H and O–H groups in total. The van der Waals surface area contributed by atoms with E-state index in [0.717, 1.165) is 16.7 Å². The molecule has 0 radical (unpaired) electrons. The molecule has 2 rings (SSSR count). The fraction of sp³-hybridized carbons (Fsp3) is 0.100. The largest absolute Gasteiger partial charge is 0.380 e. The van der Waals surface area contributed by atoms with Gasteiger partial charge in [-0.05, 0) is 33.6 Å². The first kappa shape index (κ1) is 9.27. The summed E-state index contributed by atoms with van der Waals surface area (Å²) in [6.45, 7) is 0.807. The Morgan fingerprint density at radius 2 is 2.36 bits per heavy atom. The van der Waals surface area contributed by atoms with E-state index in [1.165, 1.54) is 5.56 Å². The van der Waals surface area contributed by atoms with Crippen LogP contribution in [0.15, 0.2) is 41.4 Å². The highest BCUT2D eigenvalue weighted by Gasteiger charge is 1.95. The third kappa shape index (κ3) is 2.35. The highest BCUT2D eigenvalue weighted by Crippen LogP contribution is 2.14. The summed E-state index contributed by atoms with van der Waals surface area (Å²) in [5.74, 6) is 0. The third-order valence-electron chi connectivity index (χ3n) is 1.86. The van der Waals surface area contributed by atoms with E-state index in [9.17, 15) is 0 Å². The molecule has 0 unspecified atom stereocenters. The molecule has 2 aromatic heterocycles. The summed E-state index contributed by atoms with van der Waals surface area (Å²) < 4.78 is 0.983. The summed E-state index contributed by atoms with van der Waals surface area (Å²) in [4.78, 5) is 7.08. The van der Waals surface area contributed by atoms with Crippen LogP contribution in [0.5, 0.6) is 0 Å². The normalized spacial score (nSPS) is 10.1. The van der Waals surface area contributed by atoms with Gasteiger partial charge in [-0.15, -0.1) is 0 Å². The Balaban J connectivity index is 1.98. The molecule has 0 bridgehead atoms. The minimum Gasteiger partial charge on any atom is -0.380 e. The Morgan fingerprint density at radius 3 is 3.07 bits per heavy atom. The minimum atomic E-state index is 0.807. The molecule has 0 aliphatic heterocycles. The van der Waals surface area contributed by atoms with Crippen LogP contribution in [-0.4, -0.2) is 9.97 Å². The quantitative estimate of drug-likeness (QED) is 0.881. The van der Waals surface area contributed by atoms with Crippen molar-refractivity contribution >= 4 is 21.6 Å². The second kappa shape index (κ2) is 4.28. The maximum Gasteiger partial charge on any atom is 0.0540 e. The van der Waals surface area contributed by atoms with Gasteiger partial charge in [-0.3, -0.25) is 4.98 Å². The molecule has 72 valence electrons. The Bertz CT molecular complexity index is 398. The van der Waals surface area contributed by atoms with Gasteiger partial charge in [0, 0.05) is 29.6 Å². The molecule has 0 amide bonds. The van der Waals surface area contributed by atoms with Crippen LogP contribution < -0.4 is 5.32 Å². The summed E-state index contributed by atoms with van der Waals surface area (Å²) in [7, 11) is 0. The predicted molar refractivity (Wildman–Crippen MR) is 60.1 cm³/mol. The molecule has 0 aliphatic carbocycles. The molecule has 3 nitrogen and oxygen atoms in total. The first-order valence-corrected chi connectivity index (χ1v) is 5.10. The second-order valence-corrected chi connectivity index (χ2v) is 3.88. The average Bonchev–Trinajstić information content (AvgIpc) is 2.67. The number of anilines is 1. The van der Waals surface area contributed by atoms with Crippen molar-refractivity contribution in [1.29, 1.82) is 0 Å². The summed E-state index contributed by atoms with van der Waals surface area (Å²) >= 11 is 3.37. The van der Waals surface area contributed by atoms with Crippen LogP contribution in [0, 0.1) is 0 Å². The first-order valence-electron chi connectivity index (χ1n) is 4.31. The predicted octanol–water partition coefficient (Wildman–Crippen LogP) is 2.78. The van der Waals surface area contributed by atoms with Gasteiger partial charge in [0.2, 0.25) is 0 Å². The molecular weight excluding hydrogens is 242 g/mol. The SMILES string of the molecule is Brc1cncc(NCc2cc[nH]c2)c1. The molecule has 0 aromatic carbocycles. The van der Waals surface area contributed by atoms with E-state index in [2.05, 4.69) is 31.2 Å². The molecule has 0 fully saturated rings. The van der Waals surface area contributed by atoms with Crippen molar-refractivity contribution in [3.05, 3.63) is 47.0 Å². The van der Waals surface area contributed by atoms with Crippen LogP contribution in [0.1, 0.15) is 5.56 Å². The number of halogens is 1. The van der Waals surface area contributed by atoms with E-state index in [1.807, 2.05) is 24.5 Å². The van der Waals surface area contributed by atoms with Crippen LogP contribution >= 0.6 is 15.9 Å². The van der Waals surface area contributed by atoms with Crippen molar-refractivity contribution in [2.24, 2.45) is 0 Å². The molecule has 2 aromatic rings. The lowest BCUT2D eigenvalue weighted by Gasteiger charge is -2.03. The molecule has 4 heteroatoms. The molecular formula is C10H10BrN3. The zero-order chi connectivity index (χ0) is 9.80. The highest BCUT2D eigenvalue weighted by atomic mass is 79.9. The van der Waals surface area contributed by atoms with Gasteiger partial charge in [0.25, 0.3) is 0 Å². The van der Waals surface area contributed by atoms with Gasteiger partial charge in [-0.25, -0.2) is 0 Å². The van der Waals surface area contributed by atoms with Crippen molar-refractivity contribution in [1.82, 2.24) is 9.97 Å². The number of aromatic amines is 1. The van der Waals surface area contributed by atoms with Crippen LogP contribution in [0.4, 0.5) is 5.69 Å². The molecule has 0 atom stereocenters. The van der Waals surface area contributed by atoms with E-state index in [4.69, 9.17) is 0 Å². The summed E-state index contributed by atoms with van der Waals surface area (Å²) in [5.41, 5.74) is 2.24. The maximum absolute atomic E-state index is 4.07. The number of hydrogen-bond donors (Lipinski definition) is 2. The van der Waals surface area contributed by atoms with E-state index in [-0.39, 0.29) is 0 Å². The lowest BCUT2D eigenvalue weighted by atomic mass is 10.3. The number of hydrogen-bond acceptors (Lipinski definition) is 2. The van der Waals surface area contributed by atoms with Crippen LogP contribution in [-0.2, 0) is 6.54 Å². The fourth-order valence-electron chi connectivity index (χ4n) is 1.18. The van der Waals surface area contributed by atoms with Gasteiger partial charge in [-0.2, -0.15) is 0 Å². The van der Waals surface area contributed by atoms with E-state index < -0.39 is 0 Å². The minimum absolute atomic E-state index is 0.807. The van der Waals surface area contributed by atoms with Crippen molar-refractivity contribution in [3.63, 3.8) is 0 Å². The highest BCUT2D eigenvalue weighted by molar-refractivity contribution is 9.10. The van der Waals surface area contributed by atoms with E-state index in [0.29, 0.717) is 0 Å². The number of aromatic nitrogens is 2. The van der Waals surface area contributed by atoms with Crippen LogP contribution in [0.2, 0.25) is 0 Å². The summed E-state index contributed by atoms with van der Waals surface area (Å²) in [6.07, 6.45) is 7.45. The summed E-state index contributed by atoms with van der Waals surface area (Å²) in [6, 6.07) is 4.04. The topological polar surface area (TPSA) is 40.7 Å². The van der Waals surface area contributed by atoms with Gasteiger partial charge >= 0.3 is 0 Å². The molecule has 0 spiro atoms. The number of nitrogens with one attached hydrogen (secondary N) is 2. The monoisotopic (exact) mass is 251 g/mol. The molecule has 0 aliphatic rings. The number of nitrogens with zero attached hydrogens (tertiary/aromatic N) is 1. The third-order valence-corrected chi connectivity index (χ3v) is 2.30. The standard InChI is InChI=1S/C10H10BrN3/c11-9-3-10(7-13-6-9)14-5-8-1-2-12-4-8/h1-4,6-7,12,14H,5H2. The fourth-order valence-corrected chi connectivity index (χ4v) is 1.55. The van der Waals surface area contributed by atoms with Crippen molar-refractivity contribution in [2.75, 3.05) is 5.32 Å². The van der Waals surface area contributed by atoms with Crippen molar-refractivity contribution in [2.45, 2.75) is 6.54 Å². The molecule has 0 saturated heterocycles. The maximum atomic E-state index is 4.07. The van der Waals surface area contributed by atoms with Crippen LogP contribution in [0.25, 0.3) is 0 Å². The van der Waals surface area contributed by atoms with E-state index >= 15 is 0 Å². The zero-order valence-corrected chi connectivity index (χ0v) is 9.08. The van der Waals surface area contributed by atoms with E-state index in [1.54, 1.807) is 12.4 Å². The second-order valence-electron chi connectivity index (χ2n) is 2.96. The van der Waals surface area contributed by atoms with Crippen LogP contribution in [0.3, 0.4) is 0 Å². The average molecular weight is 252 g/mol. The lowest BCUT2D eigenvalue weighted by Crippen LogP contribution is -1.98. The Hall–Kier alpha value is -1.29. The van der Waals surface area contributed by atoms with Crippen molar-refractivity contribution < 1.29 is 0 Å². The molecule has 0 saturated carbocycles. The molecule has 14 heavy (non-hydrogen) atoms. The van der Waals surface area contributed by atoms with Gasteiger partial charge < -0.3 is 10.3 Å². The Kier molecular flexibility index (Phi) is 2.84.